The number of rotatable bonds is 5. The van der Waals surface area contributed by atoms with Crippen LogP contribution in [0.1, 0.15) is 13.3 Å². The lowest BCUT2D eigenvalue weighted by molar-refractivity contribution is 0.0963. The number of hydrogen-bond donors (Lipinski definition) is 1. The van der Waals surface area contributed by atoms with Crippen LogP contribution in [0.5, 0.6) is 0 Å². The van der Waals surface area contributed by atoms with Crippen molar-refractivity contribution in [3.05, 3.63) is 42.5 Å². The van der Waals surface area contributed by atoms with Crippen LogP contribution in [0.15, 0.2) is 42.5 Å². The second-order valence-electron chi connectivity index (χ2n) is 5.73. The summed E-state index contributed by atoms with van der Waals surface area (Å²) in [6.07, 6.45) is 0.639. The Balaban J connectivity index is 1.84. The number of nitrogens with zero attached hydrogens (tertiary/aromatic N) is 1. The molecule has 0 aliphatic carbocycles. The van der Waals surface area contributed by atoms with Crippen LogP contribution in [0.25, 0.3) is 10.8 Å². The molecule has 2 aromatic carbocycles. The van der Waals surface area contributed by atoms with Gasteiger partial charge in [0.2, 0.25) is 0 Å². The maximum atomic E-state index is 10.5. The van der Waals surface area contributed by atoms with E-state index in [1.54, 1.807) is 0 Å². The summed E-state index contributed by atoms with van der Waals surface area (Å²) in [5.74, 6) is 0.272. The van der Waals surface area contributed by atoms with Gasteiger partial charge in [-0.25, -0.2) is 0 Å². The van der Waals surface area contributed by atoms with E-state index in [0.717, 1.165) is 19.6 Å². The van der Waals surface area contributed by atoms with Crippen LogP contribution < -0.4 is 4.90 Å². The van der Waals surface area contributed by atoms with Crippen molar-refractivity contribution < 1.29 is 9.84 Å². The van der Waals surface area contributed by atoms with Crippen LogP contribution in [0, 0.1) is 5.92 Å². The second-order valence-corrected chi connectivity index (χ2v) is 5.73. The molecule has 112 valence electrons. The van der Waals surface area contributed by atoms with Gasteiger partial charge in [0, 0.05) is 36.7 Å². The fourth-order valence-electron chi connectivity index (χ4n) is 3.11. The number of aliphatic hydroxyl groups excluding tert-OH is 1. The summed E-state index contributed by atoms with van der Waals surface area (Å²) < 4.78 is 5.39. The van der Waals surface area contributed by atoms with Crippen LogP contribution in [0.2, 0.25) is 0 Å². The Morgan fingerprint density at radius 1 is 1.24 bits per heavy atom. The van der Waals surface area contributed by atoms with Gasteiger partial charge in [-0.05, 0) is 24.8 Å². The van der Waals surface area contributed by atoms with Gasteiger partial charge in [-0.15, -0.1) is 0 Å². The zero-order chi connectivity index (χ0) is 14.7. The Kier molecular flexibility index (Phi) is 4.42. The molecular formula is C18H23NO2. The summed E-state index contributed by atoms with van der Waals surface area (Å²) in [6, 6.07) is 14.8. The summed E-state index contributed by atoms with van der Waals surface area (Å²) in [5.41, 5.74) is 1.20. The number of aliphatic hydroxyl groups is 1. The number of likely N-dealkylation sites (N-methyl/N-ethyl adjacent to an activating group) is 1. The standard InChI is InChI=1S/C18H23NO2/c1-2-19(12-18(20)15-10-11-21-13-15)17-9-5-7-14-6-3-4-8-16(14)17/h3-9,15,18,20H,2,10-13H2,1H3. The molecule has 2 aromatic rings. The van der Waals surface area contributed by atoms with Crippen molar-refractivity contribution in [2.45, 2.75) is 19.4 Å². The normalized spacial score (nSPS) is 19.8. The van der Waals surface area contributed by atoms with E-state index in [9.17, 15) is 5.11 Å². The van der Waals surface area contributed by atoms with Crippen molar-refractivity contribution in [1.82, 2.24) is 0 Å². The van der Waals surface area contributed by atoms with Crippen molar-refractivity contribution >= 4 is 16.5 Å². The van der Waals surface area contributed by atoms with Gasteiger partial charge in [0.25, 0.3) is 0 Å². The first-order chi connectivity index (χ1) is 10.3. The van der Waals surface area contributed by atoms with Crippen molar-refractivity contribution in [1.29, 1.82) is 0 Å². The predicted molar refractivity (Wildman–Crippen MR) is 86.8 cm³/mol. The highest BCUT2D eigenvalue weighted by molar-refractivity contribution is 5.94. The Labute approximate surface area is 126 Å². The van der Waals surface area contributed by atoms with E-state index < -0.39 is 0 Å². The molecule has 1 heterocycles. The minimum absolute atomic E-state index is 0.272. The maximum Gasteiger partial charge on any atom is 0.0765 e. The quantitative estimate of drug-likeness (QED) is 0.916. The molecule has 2 atom stereocenters. The van der Waals surface area contributed by atoms with E-state index >= 15 is 0 Å². The topological polar surface area (TPSA) is 32.7 Å². The maximum absolute atomic E-state index is 10.5. The first kappa shape index (κ1) is 14.4. The Hall–Kier alpha value is -1.58. The molecule has 0 radical (unpaired) electrons. The Bertz CT molecular complexity index is 587. The van der Waals surface area contributed by atoms with Crippen molar-refractivity contribution in [2.24, 2.45) is 5.92 Å². The van der Waals surface area contributed by atoms with E-state index in [1.807, 2.05) is 0 Å². The van der Waals surface area contributed by atoms with E-state index in [0.29, 0.717) is 13.2 Å². The first-order valence-electron chi connectivity index (χ1n) is 7.78. The van der Waals surface area contributed by atoms with Gasteiger partial charge in [0.05, 0.1) is 12.7 Å². The third kappa shape index (κ3) is 3.04. The van der Waals surface area contributed by atoms with Gasteiger partial charge in [-0.3, -0.25) is 0 Å². The van der Waals surface area contributed by atoms with E-state index in [4.69, 9.17) is 4.74 Å². The van der Waals surface area contributed by atoms with Crippen molar-refractivity contribution in [2.75, 3.05) is 31.2 Å². The molecule has 0 aromatic heterocycles. The number of fused-ring (bicyclic) bond motifs is 1. The third-order valence-electron chi connectivity index (χ3n) is 4.41. The van der Waals surface area contributed by atoms with Crippen LogP contribution >= 0.6 is 0 Å². The monoisotopic (exact) mass is 285 g/mol. The SMILES string of the molecule is CCN(CC(O)C1CCOC1)c1cccc2ccccc12. The van der Waals surface area contributed by atoms with Gasteiger partial charge in [-0.2, -0.15) is 0 Å². The molecule has 21 heavy (non-hydrogen) atoms. The summed E-state index contributed by atoms with van der Waals surface area (Å²) in [6.45, 7) is 5.16. The fourth-order valence-corrected chi connectivity index (χ4v) is 3.11. The lowest BCUT2D eigenvalue weighted by Crippen LogP contribution is -2.37. The van der Waals surface area contributed by atoms with E-state index in [2.05, 4.69) is 54.3 Å². The molecule has 1 aliphatic rings. The van der Waals surface area contributed by atoms with E-state index in [-0.39, 0.29) is 12.0 Å². The first-order valence-corrected chi connectivity index (χ1v) is 7.78. The second kappa shape index (κ2) is 6.46. The molecule has 1 saturated heterocycles. The summed E-state index contributed by atoms with van der Waals surface area (Å²) >= 11 is 0. The fraction of sp³-hybridized carbons (Fsp3) is 0.444. The average molecular weight is 285 g/mol. The van der Waals surface area contributed by atoms with Crippen LogP contribution in [0.4, 0.5) is 5.69 Å². The lowest BCUT2D eigenvalue weighted by Gasteiger charge is -2.29. The molecule has 0 saturated carbocycles. The molecular weight excluding hydrogens is 262 g/mol. The molecule has 3 nitrogen and oxygen atoms in total. The van der Waals surface area contributed by atoms with Gasteiger partial charge < -0.3 is 14.7 Å². The molecule has 1 aliphatic heterocycles. The highest BCUT2D eigenvalue weighted by Gasteiger charge is 2.25. The minimum atomic E-state index is -0.327. The largest absolute Gasteiger partial charge is 0.391 e. The molecule has 0 spiro atoms. The zero-order valence-electron chi connectivity index (χ0n) is 12.5. The Morgan fingerprint density at radius 2 is 2.05 bits per heavy atom. The molecule has 3 rings (SSSR count). The number of hydrogen-bond acceptors (Lipinski definition) is 3. The average Bonchev–Trinajstić information content (AvgIpc) is 3.06. The highest BCUT2D eigenvalue weighted by Crippen LogP contribution is 2.28. The molecule has 1 N–H and O–H groups in total. The minimum Gasteiger partial charge on any atom is -0.391 e. The molecule has 1 fully saturated rings. The summed E-state index contributed by atoms with van der Waals surface area (Å²) in [7, 11) is 0. The van der Waals surface area contributed by atoms with Gasteiger partial charge >= 0.3 is 0 Å². The number of anilines is 1. The van der Waals surface area contributed by atoms with Gasteiger partial charge in [0.15, 0.2) is 0 Å². The third-order valence-corrected chi connectivity index (χ3v) is 4.41. The molecule has 3 heteroatoms. The Morgan fingerprint density at radius 3 is 2.81 bits per heavy atom. The van der Waals surface area contributed by atoms with Gasteiger partial charge in [-0.1, -0.05) is 36.4 Å². The lowest BCUT2D eigenvalue weighted by atomic mass is 10.0. The van der Waals surface area contributed by atoms with Crippen LogP contribution in [-0.2, 0) is 4.74 Å². The van der Waals surface area contributed by atoms with E-state index in [1.165, 1.54) is 16.5 Å². The highest BCUT2D eigenvalue weighted by atomic mass is 16.5. The number of ether oxygens (including phenoxy) is 1. The molecule has 2 unspecified atom stereocenters. The molecule has 0 bridgehead atoms. The number of benzene rings is 2. The van der Waals surface area contributed by atoms with Crippen molar-refractivity contribution in [3.8, 4) is 0 Å². The zero-order valence-corrected chi connectivity index (χ0v) is 12.5. The van der Waals surface area contributed by atoms with Crippen LogP contribution in [0.3, 0.4) is 0 Å². The van der Waals surface area contributed by atoms with Crippen LogP contribution in [-0.4, -0.2) is 37.5 Å². The molecule has 0 amide bonds. The summed E-state index contributed by atoms with van der Waals surface area (Å²) in [5, 5.41) is 13.0. The van der Waals surface area contributed by atoms with Crippen molar-refractivity contribution in [3.63, 3.8) is 0 Å². The smallest absolute Gasteiger partial charge is 0.0765 e. The van der Waals surface area contributed by atoms with Gasteiger partial charge in [0.1, 0.15) is 0 Å². The summed E-state index contributed by atoms with van der Waals surface area (Å²) in [4.78, 5) is 2.27. The predicted octanol–water partition coefficient (Wildman–Crippen LogP) is 3.06.